The fraction of sp³-hybridized carbons (Fsp3) is 0.200. The number of hydrogen-bond donors (Lipinski definition) is 2. The van der Waals surface area contributed by atoms with Crippen LogP contribution in [0.4, 0.5) is 11.8 Å². The molecule has 0 aliphatic rings. The molecule has 2 rings (SSSR count). The predicted octanol–water partition coefficient (Wildman–Crippen LogP) is 0.910. The highest BCUT2D eigenvalue weighted by molar-refractivity contribution is 5.89. The van der Waals surface area contributed by atoms with Crippen LogP contribution in [0.25, 0.3) is 10.9 Å². The van der Waals surface area contributed by atoms with E-state index in [4.69, 9.17) is 11.0 Å². The molecule has 0 aliphatic carbocycles. The third-order valence-electron chi connectivity index (χ3n) is 2.04. The normalized spacial score (nSPS) is 10.0. The van der Waals surface area contributed by atoms with Crippen molar-refractivity contribution in [2.45, 2.75) is 6.92 Å². The zero-order chi connectivity index (χ0) is 11.5. The molecule has 0 fully saturated rings. The Labute approximate surface area is 92.1 Å². The van der Waals surface area contributed by atoms with Gasteiger partial charge in [0.05, 0.1) is 0 Å². The summed E-state index contributed by atoms with van der Waals surface area (Å²) in [5.41, 5.74) is 6.48. The van der Waals surface area contributed by atoms with Gasteiger partial charge in [-0.3, -0.25) is 0 Å². The van der Waals surface area contributed by atoms with E-state index in [9.17, 15) is 0 Å². The molecule has 6 nitrogen and oxygen atoms in total. The predicted molar refractivity (Wildman–Crippen MR) is 60.6 cm³/mol. The second-order valence-corrected chi connectivity index (χ2v) is 3.16. The van der Waals surface area contributed by atoms with E-state index < -0.39 is 0 Å². The quantitative estimate of drug-likeness (QED) is 0.770. The van der Waals surface area contributed by atoms with Gasteiger partial charge in [-0.05, 0) is 13.0 Å². The van der Waals surface area contributed by atoms with Gasteiger partial charge in [0, 0.05) is 18.1 Å². The van der Waals surface area contributed by atoms with Gasteiger partial charge < -0.3 is 11.1 Å². The van der Waals surface area contributed by atoms with Crippen LogP contribution in [0.1, 0.15) is 12.6 Å². The molecule has 0 aliphatic heterocycles. The molecule has 0 amide bonds. The van der Waals surface area contributed by atoms with Crippen molar-refractivity contribution in [2.75, 3.05) is 17.6 Å². The first-order valence-corrected chi connectivity index (χ1v) is 4.82. The Balaban J connectivity index is 2.73. The molecule has 0 bridgehead atoms. The largest absolute Gasteiger partial charge is 0.368 e. The number of hydrogen-bond acceptors (Lipinski definition) is 6. The third kappa shape index (κ3) is 1.70. The summed E-state index contributed by atoms with van der Waals surface area (Å²) in [6.45, 7) is 2.64. The molecule has 0 saturated carbocycles. The fourth-order valence-corrected chi connectivity index (χ4v) is 1.40. The lowest BCUT2D eigenvalue weighted by atomic mass is 10.2. The Bertz CT molecular complexity index is 571. The number of nitrogens with two attached hydrogens (primary N) is 1. The zero-order valence-corrected chi connectivity index (χ0v) is 8.73. The maximum atomic E-state index is 8.84. The molecule has 0 atom stereocenters. The summed E-state index contributed by atoms with van der Waals surface area (Å²) in [6, 6.07) is 3.63. The van der Waals surface area contributed by atoms with Gasteiger partial charge >= 0.3 is 0 Å². The van der Waals surface area contributed by atoms with Crippen LogP contribution in [0, 0.1) is 11.3 Å². The van der Waals surface area contributed by atoms with E-state index in [1.54, 1.807) is 12.3 Å². The molecule has 2 aromatic rings. The minimum absolute atomic E-state index is 0.193. The molecule has 80 valence electrons. The average molecular weight is 214 g/mol. The van der Waals surface area contributed by atoms with E-state index in [2.05, 4.69) is 20.3 Å². The molecule has 0 saturated heterocycles. The molecular formula is C10H10N6. The monoisotopic (exact) mass is 214 g/mol. The molecule has 0 aromatic carbocycles. The van der Waals surface area contributed by atoms with E-state index in [1.807, 2.05) is 13.0 Å². The average Bonchev–Trinajstić information content (AvgIpc) is 2.30. The Morgan fingerprint density at radius 2 is 2.31 bits per heavy atom. The van der Waals surface area contributed by atoms with Crippen LogP contribution < -0.4 is 11.1 Å². The van der Waals surface area contributed by atoms with Crippen molar-refractivity contribution in [3.8, 4) is 6.07 Å². The lowest BCUT2D eigenvalue weighted by Crippen LogP contribution is -2.04. The van der Waals surface area contributed by atoms with Gasteiger partial charge in [0.15, 0.2) is 5.82 Å². The van der Waals surface area contributed by atoms with Crippen LogP contribution in [0.5, 0.6) is 0 Å². The topological polar surface area (TPSA) is 101 Å². The van der Waals surface area contributed by atoms with Crippen molar-refractivity contribution in [2.24, 2.45) is 0 Å². The van der Waals surface area contributed by atoms with Crippen molar-refractivity contribution < 1.29 is 0 Å². The van der Waals surface area contributed by atoms with Gasteiger partial charge in [0.1, 0.15) is 17.3 Å². The maximum Gasteiger partial charge on any atom is 0.220 e. The minimum atomic E-state index is 0.193. The lowest BCUT2D eigenvalue weighted by molar-refractivity contribution is 1.14. The highest BCUT2D eigenvalue weighted by Gasteiger charge is 2.07. The van der Waals surface area contributed by atoms with Gasteiger partial charge in [0.2, 0.25) is 5.95 Å². The van der Waals surface area contributed by atoms with E-state index in [0.29, 0.717) is 23.6 Å². The van der Waals surface area contributed by atoms with Gasteiger partial charge in [-0.2, -0.15) is 5.26 Å². The van der Waals surface area contributed by atoms with Crippen LogP contribution in [0.3, 0.4) is 0 Å². The Kier molecular flexibility index (Phi) is 2.52. The van der Waals surface area contributed by atoms with Gasteiger partial charge in [-0.15, -0.1) is 0 Å². The first-order chi connectivity index (χ1) is 7.74. The molecule has 6 heteroatoms. The summed E-state index contributed by atoms with van der Waals surface area (Å²) < 4.78 is 0. The second-order valence-electron chi connectivity index (χ2n) is 3.16. The lowest BCUT2D eigenvalue weighted by Gasteiger charge is -2.06. The van der Waals surface area contributed by atoms with Gasteiger partial charge in [-0.25, -0.2) is 15.0 Å². The molecule has 2 heterocycles. The summed E-state index contributed by atoms with van der Waals surface area (Å²) in [5, 5.41) is 12.6. The van der Waals surface area contributed by atoms with E-state index in [-0.39, 0.29) is 5.95 Å². The number of anilines is 2. The number of aromatic nitrogens is 3. The molecule has 3 N–H and O–H groups in total. The molecule has 16 heavy (non-hydrogen) atoms. The van der Waals surface area contributed by atoms with Crippen molar-refractivity contribution in [1.29, 1.82) is 5.26 Å². The summed E-state index contributed by atoms with van der Waals surface area (Å²) in [6.07, 6.45) is 1.58. The van der Waals surface area contributed by atoms with Crippen molar-refractivity contribution >= 4 is 22.7 Å². The van der Waals surface area contributed by atoms with Crippen LogP contribution in [0.15, 0.2) is 12.3 Å². The molecular weight excluding hydrogens is 204 g/mol. The van der Waals surface area contributed by atoms with E-state index in [0.717, 1.165) is 5.39 Å². The van der Waals surface area contributed by atoms with Crippen LogP contribution >= 0.6 is 0 Å². The number of rotatable bonds is 2. The molecule has 0 unspecified atom stereocenters. The van der Waals surface area contributed by atoms with Crippen molar-refractivity contribution in [3.63, 3.8) is 0 Å². The van der Waals surface area contributed by atoms with Crippen LogP contribution in [-0.2, 0) is 0 Å². The van der Waals surface area contributed by atoms with Crippen molar-refractivity contribution in [1.82, 2.24) is 15.0 Å². The fourth-order valence-electron chi connectivity index (χ4n) is 1.40. The molecule has 2 aromatic heterocycles. The first kappa shape index (κ1) is 10.1. The number of nitriles is 1. The van der Waals surface area contributed by atoms with Gasteiger partial charge in [-0.1, -0.05) is 0 Å². The first-order valence-electron chi connectivity index (χ1n) is 4.82. The number of fused-ring (bicyclic) bond motifs is 1. The molecule has 0 spiro atoms. The Hall–Kier alpha value is -2.42. The van der Waals surface area contributed by atoms with E-state index in [1.165, 1.54) is 0 Å². The summed E-state index contributed by atoms with van der Waals surface area (Å²) >= 11 is 0. The number of pyridine rings is 1. The zero-order valence-electron chi connectivity index (χ0n) is 8.73. The SMILES string of the molecule is CCNc1nc(C#N)cc2cnc(N)nc12. The third-order valence-corrected chi connectivity index (χ3v) is 2.04. The van der Waals surface area contributed by atoms with E-state index >= 15 is 0 Å². The van der Waals surface area contributed by atoms with Crippen LogP contribution in [0.2, 0.25) is 0 Å². The Morgan fingerprint density at radius 3 is 3.00 bits per heavy atom. The highest BCUT2D eigenvalue weighted by atomic mass is 15.0. The highest BCUT2D eigenvalue weighted by Crippen LogP contribution is 2.20. The maximum absolute atomic E-state index is 8.84. The second kappa shape index (κ2) is 3.98. The smallest absolute Gasteiger partial charge is 0.220 e. The summed E-state index contributed by atoms with van der Waals surface area (Å²) in [7, 11) is 0. The molecule has 0 radical (unpaired) electrons. The van der Waals surface area contributed by atoms with Crippen LogP contribution in [-0.4, -0.2) is 21.5 Å². The Morgan fingerprint density at radius 1 is 1.50 bits per heavy atom. The number of nitrogens with zero attached hydrogens (tertiary/aromatic N) is 4. The summed E-state index contributed by atoms with van der Waals surface area (Å²) in [5.74, 6) is 0.754. The van der Waals surface area contributed by atoms with Crippen molar-refractivity contribution in [3.05, 3.63) is 18.0 Å². The minimum Gasteiger partial charge on any atom is -0.368 e. The standard InChI is InChI=1S/C10H10N6/c1-2-13-9-8-6(3-7(4-11)15-9)5-14-10(12)16-8/h3,5H,2H2,1H3,(H,13,15)(H2,12,14,16). The number of nitrogen functional groups attached to an aromatic ring is 1. The van der Waals surface area contributed by atoms with Gasteiger partial charge in [0.25, 0.3) is 0 Å². The summed E-state index contributed by atoms with van der Waals surface area (Å²) in [4.78, 5) is 12.1. The number of nitrogens with one attached hydrogen (secondary N) is 1.